The molecule has 2 amide bonds. The molecule has 0 saturated heterocycles. The van der Waals surface area contributed by atoms with Crippen LogP contribution in [-0.2, 0) is 10.3 Å². The van der Waals surface area contributed by atoms with Crippen molar-refractivity contribution in [1.82, 2.24) is 15.3 Å². The van der Waals surface area contributed by atoms with Crippen LogP contribution in [0, 0.1) is 18.2 Å². The molecule has 0 aliphatic carbocycles. The lowest BCUT2D eigenvalue weighted by Crippen LogP contribution is -2.49. The Balaban J connectivity index is 1.86. The summed E-state index contributed by atoms with van der Waals surface area (Å²) >= 11 is 1.13. The molecule has 0 spiro atoms. The van der Waals surface area contributed by atoms with Crippen LogP contribution >= 0.6 is 11.8 Å². The van der Waals surface area contributed by atoms with E-state index in [2.05, 4.69) is 31.5 Å². The molecule has 0 bridgehead atoms. The molecule has 0 saturated carbocycles. The Kier molecular flexibility index (Phi) is 6.88. The summed E-state index contributed by atoms with van der Waals surface area (Å²) < 4.78 is 19.1. The highest BCUT2D eigenvalue weighted by atomic mass is 32.2. The lowest BCUT2D eigenvalue weighted by Gasteiger charge is -2.40. The topological polar surface area (TPSA) is 132 Å². The number of aromatic nitrogens is 2. The van der Waals surface area contributed by atoms with Gasteiger partial charge in [-0.05, 0) is 32.0 Å². The smallest absolute Gasteiger partial charge is 0.275 e. The van der Waals surface area contributed by atoms with Gasteiger partial charge in [0.2, 0.25) is 11.8 Å². The van der Waals surface area contributed by atoms with E-state index in [-0.39, 0.29) is 41.2 Å². The molecule has 0 fully saturated rings. The van der Waals surface area contributed by atoms with Gasteiger partial charge in [-0.15, -0.1) is 6.42 Å². The van der Waals surface area contributed by atoms with E-state index in [4.69, 9.17) is 16.9 Å². The van der Waals surface area contributed by atoms with E-state index in [1.165, 1.54) is 37.6 Å². The van der Waals surface area contributed by atoms with Gasteiger partial charge in [0.1, 0.15) is 16.3 Å². The Bertz CT molecular complexity index is 1150. The molecule has 2 heterocycles. The average Bonchev–Trinajstić information content (AvgIpc) is 2.77. The van der Waals surface area contributed by atoms with Crippen molar-refractivity contribution in [1.29, 1.82) is 0 Å². The fourth-order valence-electron chi connectivity index (χ4n) is 3.61. The van der Waals surface area contributed by atoms with Crippen molar-refractivity contribution in [2.24, 2.45) is 10.7 Å². The first-order chi connectivity index (χ1) is 15.6. The molecule has 172 valence electrons. The maximum absolute atomic E-state index is 14.9. The first kappa shape index (κ1) is 24.0. The summed E-state index contributed by atoms with van der Waals surface area (Å²) in [6.45, 7) is 3.46. The molecule has 0 unspecified atom stereocenters. The van der Waals surface area contributed by atoms with E-state index in [1.54, 1.807) is 13.8 Å². The van der Waals surface area contributed by atoms with Crippen molar-refractivity contribution in [3.63, 3.8) is 0 Å². The maximum atomic E-state index is 14.9. The van der Waals surface area contributed by atoms with Crippen LogP contribution < -0.4 is 21.1 Å². The van der Waals surface area contributed by atoms with E-state index in [0.717, 1.165) is 11.8 Å². The van der Waals surface area contributed by atoms with Crippen LogP contribution in [0.1, 0.15) is 36.3 Å². The third-order valence-electron chi connectivity index (χ3n) is 5.04. The number of anilines is 1. The second-order valence-electron chi connectivity index (χ2n) is 7.69. The summed E-state index contributed by atoms with van der Waals surface area (Å²) in [5, 5.41) is 5.46. The molecule has 3 rings (SSSR count). The zero-order chi connectivity index (χ0) is 24.2. The number of rotatable bonds is 6. The predicted octanol–water partition coefficient (Wildman–Crippen LogP) is 2.05. The number of thioether (sulfide) groups is 1. The van der Waals surface area contributed by atoms with Gasteiger partial charge in [-0.3, -0.25) is 14.6 Å². The van der Waals surface area contributed by atoms with Crippen LogP contribution in [0.3, 0.4) is 0 Å². The minimum atomic E-state index is -1.13. The van der Waals surface area contributed by atoms with E-state index >= 15 is 0 Å². The first-order valence-corrected chi connectivity index (χ1v) is 10.7. The van der Waals surface area contributed by atoms with Crippen LogP contribution in [0.15, 0.2) is 35.6 Å². The normalized spacial score (nSPS) is 22.0. The van der Waals surface area contributed by atoms with Gasteiger partial charge >= 0.3 is 0 Å². The van der Waals surface area contributed by atoms with Crippen molar-refractivity contribution < 1.29 is 18.7 Å². The van der Waals surface area contributed by atoms with Crippen molar-refractivity contribution in [2.75, 3.05) is 19.0 Å². The lowest BCUT2D eigenvalue weighted by atomic mass is 9.82. The second-order valence-corrected chi connectivity index (χ2v) is 9.22. The Morgan fingerprint density at radius 3 is 2.73 bits per heavy atom. The SMILES string of the molecule is C#CCOc1cnc(C(=O)Nc2ccc(F)c([C@]3(C)C[C@](C)(C(=O)NC)SC(N)=N3)c2)cn1. The number of ether oxygens (including phenoxy) is 1. The molecule has 2 aromatic rings. The van der Waals surface area contributed by atoms with E-state index < -0.39 is 22.0 Å². The van der Waals surface area contributed by atoms with Gasteiger partial charge in [0, 0.05) is 24.7 Å². The number of hydrogen-bond acceptors (Lipinski definition) is 8. The Morgan fingerprint density at radius 2 is 2.09 bits per heavy atom. The number of halogens is 1. The number of amides is 2. The molecule has 2 atom stereocenters. The van der Waals surface area contributed by atoms with Gasteiger partial charge in [0.15, 0.2) is 11.8 Å². The van der Waals surface area contributed by atoms with Gasteiger partial charge in [0.05, 0.1) is 17.9 Å². The molecule has 1 aliphatic heterocycles. The zero-order valence-corrected chi connectivity index (χ0v) is 19.1. The summed E-state index contributed by atoms with van der Waals surface area (Å²) in [6.07, 6.45) is 7.84. The van der Waals surface area contributed by atoms with Gasteiger partial charge < -0.3 is 21.1 Å². The van der Waals surface area contributed by atoms with Crippen molar-refractivity contribution in [2.45, 2.75) is 30.6 Å². The number of benzene rings is 1. The number of hydrogen-bond donors (Lipinski definition) is 3. The third kappa shape index (κ3) is 5.23. The second kappa shape index (κ2) is 9.46. The predicted molar refractivity (Wildman–Crippen MR) is 124 cm³/mol. The van der Waals surface area contributed by atoms with Gasteiger partial charge in [-0.1, -0.05) is 17.7 Å². The summed E-state index contributed by atoms with van der Waals surface area (Å²) in [7, 11) is 1.53. The fraction of sp³-hybridized carbons (Fsp3) is 0.318. The Labute approximate surface area is 194 Å². The number of aliphatic imine (C=N–C) groups is 1. The fourth-order valence-corrected chi connectivity index (χ4v) is 4.87. The summed E-state index contributed by atoms with van der Waals surface area (Å²) in [4.78, 5) is 37.5. The molecule has 0 radical (unpaired) electrons. The van der Waals surface area contributed by atoms with E-state index in [0.29, 0.717) is 5.69 Å². The van der Waals surface area contributed by atoms with Crippen molar-refractivity contribution >= 4 is 34.4 Å². The van der Waals surface area contributed by atoms with Crippen LogP contribution in [0.5, 0.6) is 5.88 Å². The quantitative estimate of drug-likeness (QED) is 0.551. The van der Waals surface area contributed by atoms with Crippen LogP contribution in [0.2, 0.25) is 0 Å². The summed E-state index contributed by atoms with van der Waals surface area (Å²) in [6, 6.07) is 4.12. The summed E-state index contributed by atoms with van der Waals surface area (Å²) in [5.74, 6) is 1.16. The maximum Gasteiger partial charge on any atom is 0.275 e. The van der Waals surface area contributed by atoms with Crippen molar-refractivity contribution in [3.05, 3.63) is 47.7 Å². The molecule has 9 nitrogen and oxygen atoms in total. The minimum Gasteiger partial charge on any atom is -0.463 e. The summed E-state index contributed by atoms with van der Waals surface area (Å²) in [5.41, 5.74) is 5.43. The Morgan fingerprint density at radius 1 is 1.33 bits per heavy atom. The molecular formula is C22H23FN6O3S. The number of nitrogens with one attached hydrogen (secondary N) is 2. The number of carbonyl (C=O) groups is 2. The zero-order valence-electron chi connectivity index (χ0n) is 18.3. The number of carbonyl (C=O) groups excluding carboxylic acids is 2. The molecule has 1 aromatic carbocycles. The van der Waals surface area contributed by atoms with E-state index in [9.17, 15) is 14.0 Å². The molecule has 11 heteroatoms. The Hall–Kier alpha value is -3.65. The van der Waals surface area contributed by atoms with Crippen LogP contribution in [0.25, 0.3) is 0 Å². The standard InChI is InChI=1S/C22H23FN6O3S/c1-5-8-32-17-11-26-16(10-27-17)18(30)28-13-6-7-15(23)14(9-13)21(2)12-22(3,19(31)25-4)33-20(24)29-21/h1,6-7,9-11H,8,12H2,2-4H3,(H2,24,29)(H,25,31)(H,28,30)/t21-,22+/m0/s1. The molecule has 4 N–H and O–H groups in total. The molecule has 1 aliphatic rings. The molecular weight excluding hydrogens is 447 g/mol. The number of amidine groups is 1. The number of nitrogens with two attached hydrogens (primary N) is 1. The van der Waals surface area contributed by atoms with E-state index in [1.807, 2.05) is 0 Å². The largest absolute Gasteiger partial charge is 0.463 e. The number of terminal acetylenes is 1. The van der Waals surface area contributed by atoms with Gasteiger partial charge in [-0.2, -0.15) is 0 Å². The van der Waals surface area contributed by atoms with Crippen LogP contribution in [-0.4, -0.2) is 45.4 Å². The monoisotopic (exact) mass is 470 g/mol. The van der Waals surface area contributed by atoms with Crippen LogP contribution in [0.4, 0.5) is 10.1 Å². The minimum absolute atomic E-state index is 0.0296. The highest BCUT2D eigenvalue weighted by Crippen LogP contribution is 2.46. The lowest BCUT2D eigenvalue weighted by molar-refractivity contribution is -0.123. The van der Waals surface area contributed by atoms with Crippen molar-refractivity contribution in [3.8, 4) is 18.2 Å². The molecule has 33 heavy (non-hydrogen) atoms. The average molecular weight is 471 g/mol. The van der Waals surface area contributed by atoms with Gasteiger partial charge in [0.25, 0.3) is 5.91 Å². The van der Waals surface area contributed by atoms with Gasteiger partial charge in [-0.25, -0.2) is 14.4 Å². The number of nitrogens with zero attached hydrogens (tertiary/aromatic N) is 3. The third-order valence-corrected chi connectivity index (χ3v) is 6.13. The highest BCUT2D eigenvalue weighted by Gasteiger charge is 2.47. The highest BCUT2D eigenvalue weighted by molar-refractivity contribution is 8.15. The first-order valence-electron chi connectivity index (χ1n) is 9.86. The molecule has 1 aromatic heterocycles.